The number of amides is 1. The van der Waals surface area contributed by atoms with Crippen molar-refractivity contribution in [3.63, 3.8) is 0 Å². The molecule has 0 bridgehead atoms. The minimum absolute atomic E-state index is 0.228. The van der Waals surface area contributed by atoms with E-state index in [1.807, 2.05) is 20.8 Å². The molecular weight excluding hydrogens is 318 g/mol. The third-order valence-corrected chi connectivity index (χ3v) is 4.46. The lowest BCUT2D eigenvalue weighted by atomic mass is 9.93. The number of aromatic nitrogens is 2. The van der Waals surface area contributed by atoms with Gasteiger partial charge in [-0.25, -0.2) is 4.98 Å². The fourth-order valence-corrected chi connectivity index (χ4v) is 3.08. The zero-order chi connectivity index (χ0) is 18.0. The summed E-state index contributed by atoms with van der Waals surface area (Å²) in [6, 6.07) is 0.334. The van der Waals surface area contributed by atoms with Gasteiger partial charge in [0.15, 0.2) is 0 Å². The Kier molecular flexibility index (Phi) is 5.13. The van der Waals surface area contributed by atoms with Gasteiger partial charge >= 0.3 is 0 Å². The number of carbonyl (C=O) groups excluding carboxylic acids is 1. The standard InChI is InChI=1S/C18H29N5O2/c1-18(2,3)23-16-14(15(19)24)10-20-17(22-16)21-11-4-6-12(7-5-11)25-13-8-9-13/h10-13H,4-9H2,1-3H3,(H2,19,24)(H2,20,21,22,23). The topological polar surface area (TPSA) is 102 Å². The molecule has 2 aliphatic carbocycles. The first-order valence-corrected chi connectivity index (χ1v) is 9.17. The highest BCUT2D eigenvalue weighted by molar-refractivity contribution is 5.97. The van der Waals surface area contributed by atoms with Crippen molar-refractivity contribution < 1.29 is 9.53 Å². The predicted molar refractivity (Wildman–Crippen MR) is 97.7 cm³/mol. The minimum Gasteiger partial charge on any atom is -0.375 e. The Labute approximate surface area is 149 Å². The van der Waals surface area contributed by atoms with Crippen LogP contribution in [0.2, 0.25) is 0 Å². The molecule has 0 unspecified atom stereocenters. The molecule has 2 fully saturated rings. The van der Waals surface area contributed by atoms with E-state index in [-0.39, 0.29) is 5.54 Å². The molecule has 3 rings (SSSR count). The van der Waals surface area contributed by atoms with Crippen LogP contribution >= 0.6 is 0 Å². The lowest BCUT2D eigenvalue weighted by molar-refractivity contribution is 0.0146. The fraction of sp³-hybridized carbons (Fsp3) is 0.722. The number of nitrogens with one attached hydrogen (secondary N) is 2. The second-order valence-electron chi connectivity index (χ2n) is 8.15. The van der Waals surface area contributed by atoms with E-state index < -0.39 is 5.91 Å². The van der Waals surface area contributed by atoms with Crippen LogP contribution < -0.4 is 16.4 Å². The van der Waals surface area contributed by atoms with Gasteiger partial charge < -0.3 is 21.1 Å². The van der Waals surface area contributed by atoms with Crippen LogP contribution in [0.1, 0.15) is 69.7 Å². The molecule has 2 aliphatic rings. The average Bonchev–Trinajstić information content (AvgIpc) is 3.31. The van der Waals surface area contributed by atoms with E-state index in [1.54, 1.807) is 0 Å². The van der Waals surface area contributed by atoms with Crippen molar-refractivity contribution in [2.45, 2.75) is 83.1 Å². The smallest absolute Gasteiger partial charge is 0.254 e. The van der Waals surface area contributed by atoms with Crippen molar-refractivity contribution >= 4 is 17.7 Å². The van der Waals surface area contributed by atoms with Crippen LogP contribution in [0.5, 0.6) is 0 Å². The number of nitrogens with zero attached hydrogens (tertiary/aromatic N) is 2. The van der Waals surface area contributed by atoms with Gasteiger partial charge in [-0.3, -0.25) is 4.79 Å². The summed E-state index contributed by atoms with van der Waals surface area (Å²) >= 11 is 0. The molecule has 1 aromatic heterocycles. The molecule has 4 N–H and O–H groups in total. The number of anilines is 2. The molecule has 7 heteroatoms. The Balaban J connectivity index is 1.62. The Morgan fingerprint density at radius 1 is 1.16 bits per heavy atom. The molecule has 0 aliphatic heterocycles. The molecule has 7 nitrogen and oxygen atoms in total. The number of hydrogen-bond donors (Lipinski definition) is 3. The van der Waals surface area contributed by atoms with Gasteiger partial charge in [0.05, 0.1) is 17.8 Å². The Hall–Kier alpha value is -1.89. The Morgan fingerprint density at radius 3 is 2.28 bits per heavy atom. The summed E-state index contributed by atoms with van der Waals surface area (Å²) in [7, 11) is 0. The van der Waals surface area contributed by atoms with E-state index in [1.165, 1.54) is 19.0 Å². The first-order chi connectivity index (χ1) is 11.8. The SMILES string of the molecule is CC(C)(C)Nc1nc(NC2CCC(OC3CC3)CC2)ncc1C(N)=O. The molecule has 0 atom stereocenters. The molecule has 0 radical (unpaired) electrons. The van der Waals surface area contributed by atoms with Gasteiger partial charge in [-0.1, -0.05) is 0 Å². The average molecular weight is 347 g/mol. The van der Waals surface area contributed by atoms with Crippen LogP contribution in [0.4, 0.5) is 11.8 Å². The van der Waals surface area contributed by atoms with E-state index in [4.69, 9.17) is 10.5 Å². The second kappa shape index (κ2) is 7.15. The van der Waals surface area contributed by atoms with Gasteiger partial charge in [-0.15, -0.1) is 0 Å². The van der Waals surface area contributed by atoms with Crippen LogP contribution in [0.25, 0.3) is 0 Å². The van der Waals surface area contributed by atoms with Crippen LogP contribution in [0, 0.1) is 0 Å². The summed E-state index contributed by atoms with van der Waals surface area (Å²) in [6.07, 6.45) is 9.09. The van der Waals surface area contributed by atoms with Gasteiger partial charge in [0.25, 0.3) is 5.91 Å². The number of primary amides is 1. The number of nitrogens with two attached hydrogens (primary N) is 1. The van der Waals surface area contributed by atoms with Crippen molar-refractivity contribution in [1.82, 2.24) is 9.97 Å². The number of hydrogen-bond acceptors (Lipinski definition) is 6. The summed E-state index contributed by atoms with van der Waals surface area (Å²) in [4.78, 5) is 20.4. The van der Waals surface area contributed by atoms with Crippen LogP contribution in [-0.2, 0) is 4.74 Å². The fourth-order valence-electron chi connectivity index (χ4n) is 3.08. The molecule has 0 saturated heterocycles. The van der Waals surface area contributed by atoms with Crippen LogP contribution in [0.15, 0.2) is 6.20 Å². The predicted octanol–water partition coefficient (Wildman–Crippen LogP) is 2.69. The van der Waals surface area contributed by atoms with E-state index in [9.17, 15) is 4.79 Å². The largest absolute Gasteiger partial charge is 0.375 e. The van der Waals surface area contributed by atoms with Crippen molar-refractivity contribution in [1.29, 1.82) is 0 Å². The number of carbonyl (C=O) groups is 1. The normalized spacial score (nSPS) is 24.0. The molecule has 0 spiro atoms. The highest BCUT2D eigenvalue weighted by Crippen LogP contribution is 2.31. The molecular formula is C18H29N5O2. The summed E-state index contributed by atoms with van der Waals surface area (Å²) in [5, 5.41) is 6.63. The zero-order valence-electron chi connectivity index (χ0n) is 15.3. The van der Waals surface area contributed by atoms with Crippen LogP contribution in [-0.4, -0.2) is 39.7 Å². The van der Waals surface area contributed by atoms with Gasteiger partial charge in [-0.2, -0.15) is 4.98 Å². The highest BCUT2D eigenvalue weighted by Gasteiger charge is 2.29. The highest BCUT2D eigenvalue weighted by atomic mass is 16.5. The lowest BCUT2D eigenvalue weighted by Gasteiger charge is -2.29. The van der Waals surface area contributed by atoms with Crippen molar-refractivity contribution in [2.75, 3.05) is 10.6 Å². The molecule has 25 heavy (non-hydrogen) atoms. The quantitative estimate of drug-likeness (QED) is 0.731. The lowest BCUT2D eigenvalue weighted by Crippen LogP contribution is -2.32. The number of rotatable bonds is 6. The maximum absolute atomic E-state index is 11.6. The van der Waals surface area contributed by atoms with Crippen molar-refractivity contribution in [3.8, 4) is 0 Å². The van der Waals surface area contributed by atoms with E-state index in [2.05, 4.69) is 20.6 Å². The van der Waals surface area contributed by atoms with Gasteiger partial charge in [0.1, 0.15) is 5.82 Å². The molecule has 138 valence electrons. The second-order valence-corrected chi connectivity index (χ2v) is 8.15. The molecule has 1 heterocycles. The first-order valence-electron chi connectivity index (χ1n) is 9.17. The monoisotopic (exact) mass is 347 g/mol. The Bertz CT molecular complexity index is 616. The molecule has 0 aromatic carbocycles. The third kappa shape index (κ3) is 5.29. The third-order valence-electron chi connectivity index (χ3n) is 4.46. The van der Waals surface area contributed by atoms with Crippen molar-refractivity contribution in [3.05, 3.63) is 11.8 Å². The van der Waals surface area contributed by atoms with Gasteiger partial charge in [-0.05, 0) is 59.3 Å². The van der Waals surface area contributed by atoms with E-state index in [0.29, 0.717) is 35.6 Å². The van der Waals surface area contributed by atoms with Crippen molar-refractivity contribution in [2.24, 2.45) is 5.73 Å². The molecule has 1 amide bonds. The summed E-state index contributed by atoms with van der Waals surface area (Å²) in [6.45, 7) is 6.02. The first kappa shape index (κ1) is 17.9. The van der Waals surface area contributed by atoms with Gasteiger partial charge in [0, 0.05) is 17.8 Å². The van der Waals surface area contributed by atoms with Crippen LogP contribution in [0.3, 0.4) is 0 Å². The minimum atomic E-state index is -0.531. The molecule has 1 aromatic rings. The molecule has 2 saturated carbocycles. The van der Waals surface area contributed by atoms with E-state index in [0.717, 1.165) is 25.7 Å². The maximum atomic E-state index is 11.6. The summed E-state index contributed by atoms with van der Waals surface area (Å²) in [5.74, 6) is 0.475. The van der Waals surface area contributed by atoms with E-state index >= 15 is 0 Å². The summed E-state index contributed by atoms with van der Waals surface area (Å²) in [5.41, 5.74) is 5.51. The summed E-state index contributed by atoms with van der Waals surface area (Å²) < 4.78 is 6.00. The number of ether oxygens (including phenoxy) is 1. The zero-order valence-corrected chi connectivity index (χ0v) is 15.3. The maximum Gasteiger partial charge on any atom is 0.254 e. The Morgan fingerprint density at radius 2 is 1.76 bits per heavy atom. The van der Waals surface area contributed by atoms with Gasteiger partial charge in [0.2, 0.25) is 5.95 Å².